The highest BCUT2D eigenvalue weighted by molar-refractivity contribution is 9.10. The van der Waals surface area contributed by atoms with Crippen LogP contribution in [0, 0.1) is 6.92 Å². The van der Waals surface area contributed by atoms with Gasteiger partial charge in [-0.1, -0.05) is 22.0 Å². The molecule has 0 aliphatic carbocycles. The zero-order valence-electron chi connectivity index (χ0n) is 6.80. The number of benzene rings is 1. The van der Waals surface area contributed by atoms with E-state index >= 15 is 0 Å². The first-order valence-corrected chi connectivity index (χ1v) is 4.44. The van der Waals surface area contributed by atoms with E-state index in [4.69, 9.17) is 7.85 Å². The molecule has 1 nitrogen and oxygen atoms in total. The molecule has 0 heterocycles. The molecule has 1 rings (SSSR count). The molecule has 0 saturated carbocycles. The van der Waals surface area contributed by atoms with Crippen LogP contribution in [0.25, 0.3) is 0 Å². The van der Waals surface area contributed by atoms with Crippen LogP contribution in [0.2, 0.25) is 6.32 Å². The summed E-state index contributed by atoms with van der Waals surface area (Å²) in [5.41, 5.74) is 1.73. The monoisotopic (exact) mass is 222 g/mol. The first kappa shape index (κ1) is 9.52. The second-order valence-electron chi connectivity index (χ2n) is 2.59. The summed E-state index contributed by atoms with van der Waals surface area (Å²) in [6.07, 6.45) is 0.0705. The molecule has 3 heteroatoms. The van der Waals surface area contributed by atoms with Gasteiger partial charge in [-0.05, 0) is 30.9 Å². The van der Waals surface area contributed by atoms with Crippen molar-refractivity contribution < 1.29 is 4.79 Å². The van der Waals surface area contributed by atoms with Gasteiger partial charge in [-0.15, -0.1) is 0 Å². The standard InChI is InChI=1S/C9H8BBrO/c1-6-4-7(9(12)5-10)2-3-8(6)11/h2-4H,5H2,1H3. The Hall–Kier alpha value is -0.565. The summed E-state index contributed by atoms with van der Waals surface area (Å²) in [5, 5.41) is 0. The predicted octanol–water partition coefficient (Wildman–Crippen LogP) is 2.53. The zero-order valence-corrected chi connectivity index (χ0v) is 8.39. The van der Waals surface area contributed by atoms with E-state index in [0.29, 0.717) is 5.56 Å². The fraction of sp³-hybridized carbons (Fsp3) is 0.222. The Labute approximate surface area is 81.7 Å². The van der Waals surface area contributed by atoms with Gasteiger partial charge in [0.05, 0.1) is 7.85 Å². The Morgan fingerprint density at radius 1 is 1.58 bits per heavy atom. The molecule has 0 amide bonds. The van der Waals surface area contributed by atoms with Gasteiger partial charge in [-0.3, -0.25) is 4.79 Å². The molecule has 60 valence electrons. The Balaban J connectivity index is 3.05. The average molecular weight is 223 g/mol. The SMILES string of the molecule is [B]CC(=O)c1ccc(Br)c(C)c1. The van der Waals surface area contributed by atoms with E-state index in [1.54, 1.807) is 6.07 Å². The van der Waals surface area contributed by atoms with E-state index < -0.39 is 0 Å². The Morgan fingerprint density at radius 3 is 2.75 bits per heavy atom. The summed E-state index contributed by atoms with van der Waals surface area (Å²) in [7, 11) is 5.23. The molecule has 0 aliphatic rings. The molecule has 0 atom stereocenters. The number of hydrogen-bond acceptors (Lipinski definition) is 1. The van der Waals surface area contributed by atoms with Crippen molar-refractivity contribution >= 4 is 29.6 Å². The first-order valence-electron chi connectivity index (χ1n) is 3.64. The highest BCUT2D eigenvalue weighted by atomic mass is 79.9. The molecular formula is C9H8BBrO. The van der Waals surface area contributed by atoms with Crippen molar-refractivity contribution in [3.8, 4) is 0 Å². The fourth-order valence-electron chi connectivity index (χ4n) is 0.936. The zero-order chi connectivity index (χ0) is 9.14. The lowest BCUT2D eigenvalue weighted by atomic mass is 9.95. The minimum atomic E-state index is -0.0226. The number of aryl methyl sites for hydroxylation is 1. The van der Waals surface area contributed by atoms with Gasteiger partial charge in [0.25, 0.3) is 0 Å². The normalized spacial score (nSPS) is 9.83. The maximum atomic E-state index is 11.1. The van der Waals surface area contributed by atoms with Gasteiger partial charge in [-0.2, -0.15) is 0 Å². The topological polar surface area (TPSA) is 17.1 Å². The lowest BCUT2D eigenvalue weighted by Crippen LogP contribution is -1.97. The highest BCUT2D eigenvalue weighted by Crippen LogP contribution is 2.17. The van der Waals surface area contributed by atoms with Crippen molar-refractivity contribution in [1.29, 1.82) is 0 Å². The maximum Gasteiger partial charge on any atom is 0.154 e. The van der Waals surface area contributed by atoms with Crippen LogP contribution in [0.15, 0.2) is 22.7 Å². The van der Waals surface area contributed by atoms with Crippen LogP contribution in [-0.2, 0) is 0 Å². The van der Waals surface area contributed by atoms with Crippen LogP contribution < -0.4 is 0 Å². The number of halogens is 1. The van der Waals surface area contributed by atoms with Crippen molar-refractivity contribution in [2.75, 3.05) is 0 Å². The number of rotatable bonds is 2. The minimum absolute atomic E-state index is 0.0226. The summed E-state index contributed by atoms with van der Waals surface area (Å²) >= 11 is 3.36. The first-order chi connectivity index (χ1) is 5.65. The van der Waals surface area contributed by atoms with Gasteiger partial charge in [0.2, 0.25) is 0 Å². The maximum absolute atomic E-state index is 11.1. The van der Waals surface area contributed by atoms with Crippen molar-refractivity contribution in [1.82, 2.24) is 0 Å². The van der Waals surface area contributed by atoms with Crippen LogP contribution >= 0.6 is 15.9 Å². The number of Topliss-reactive ketones (excluding diaryl/α,β-unsaturated/α-hetero) is 1. The van der Waals surface area contributed by atoms with Crippen molar-refractivity contribution in [3.05, 3.63) is 33.8 Å². The molecule has 12 heavy (non-hydrogen) atoms. The van der Waals surface area contributed by atoms with E-state index in [1.165, 1.54) is 0 Å². The second kappa shape index (κ2) is 3.90. The van der Waals surface area contributed by atoms with Crippen LogP contribution in [0.1, 0.15) is 15.9 Å². The molecule has 0 bridgehead atoms. The third-order valence-corrected chi connectivity index (χ3v) is 2.56. The number of hydrogen-bond donors (Lipinski definition) is 0. The van der Waals surface area contributed by atoms with Crippen LogP contribution in [-0.4, -0.2) is 13.6 Å². The molecule has 0 spiro atoms. The molecular weight excluding hydrogens is 215 g/mol. The summed E-state index contributed by atoms with van der Waals surface area (Å²) in [6, 6.07) is 5.46. The largest absolute Gasteiger partial charge is 0.295 e. The van der Waals surface area contributed by atoms with Gasteiger partial charge in [0, 0.05) is 10.0 Å². The summed E-state index contributed by atoms with van der Waals surface area (Å²) in [5.74, 6) is -0.0226. The Morgan fingerprint density at radius 2 is 2.25 bits per heavy atom. The van der Waals surface area contributed by atoms with Gasteiger partial charge in [0.1, 0.15) is 0 Å². The van der Waals surface area contributed by atoms with Crippen LogP contribution in [0.4, 0.5) is 0 Å². The summed E-state index contributed by atoms with van der Waals surface area (Å²) in [6.45, 7) is 1.94. The molecule has 0 saturated heterocycles. The highest BCUT2D eigenvalue weighted by Gasteiger charge is 2.03. The second-order valence-corrected chi connectivity index (χ2v) is 3.45. The molecule has 0 fully saturated rings. The Bertz CT molecular complexity index is 309. The third-order valence-electron chi connectivity index (χ3n) is 1.67. The number of carbonyl (C=O) groups excluding carboxylic acids is 1. The molecule has 1 aromatic rings. The predicted molar refractivity (Wildman–Crippen MR) is 53.8 cm³/mol. The smallest absolute Gasteiger partial charge is 0.154 e. The summed E-state index contributed by atoms with van der Waals surface area (Å²) in [4.78, 5) is 11.1. The fourth-order valence-corrected chi connectivity index (χ4v) is 1.18. The molecule has 2 radical (unpaired) electrons. The summed E-state index contributed by atoms with van der Waals surface area (Å²) < 4.78 is 1.01. The van der Waals surface area contributed by atoms with E-state index in [-0.39, 0.29) is 12.1 Å². The van der Waals surface area contributed by atoms with E-state index in [0.717, 1.165) is 10.0 Å². The van der Waals surface area contributed by atoms with Crippen molar-refractivity contribution in [3.63, 3.8) is 0 Å². The van der Waals surface area contributed by atoms with Crippen LogP contribution in [0.3, 0.4) is 0 Å². The van der Waals surface area contributed by atoms with Crippen molar-refractivity contribution in [2.45, 2.75) is 13.2 Å². The van der Waals surface area contributed by atoms with Crippen LogP contribution in [0.5, 0.6) is 0 Å². The van der Waals surface area contributed by atoms with E-state index in [9.17, 15) is 4.79 Å². The molecule has 1 aromatic carbocycles. The lowest BCUT2D eigenvalue weighted by molar-refractivity contribution is 0.101. The van der Waals surface area contributed by atoms with Gasteiger partial charge in [-0.25, -0.2) is 0 Å². The number of ketones is 1. The number of carbonyl (C=O) groups is 1. The average Bonchev–Trinajstić information content (AvgIpc) is 2.08. The van der Waals surface area contributed by atoms with Gasteiger partial charge < -0.3 is 0 Å². The molecule has 0 N–H and O–H groups in total. The van der Waals surface area contributed by atoms with Gasteiger partial charge in [0.15, 0.2) is 5.78 Å². The molecule has 0 aromatic heterocycles. The van der Waals surface area contributed by atoms with E-state index in [1.807, 2.05) is 19.1 Å². The third kappa shape index (κ3) is 1.98. The molecule has 0 unspecified atom stereocenters. The Kier molecular flexibility index (Phi) is 3.09. The lowest BCUT2D eigenvalue weighted by Gasteiger charge is -2.01. The minimum Gasteiger partial charge on any atom is -0.295 e. The van der Waals surface area contributed by atoms with Gasteiger partial charge >= 0.3 is 0 Å². The van der Waals surface area contributed by atoms with Crippen molar-refractivity contribution in [2.24, 2.45) is 0 Å². The van der Waals surface area contributed by atoms with E-state index in [2.05, 4.69) is 15.9 Å². The quantitative estimate of drug-likeness (QED) is 0.556. The molecule has 0 aliphatic heterocycles.